The average Bonchev–Trinajstić information content (AvgIpc) is 3.22. The van der Waals surface area contributed by atoms with Crippen molar-refractivity contribution in [3.05, 3.63) is 41.3 Å². The fourth-order valence-corrected chi connectivity index (χ4v) is 5.88. The predicted molar refractivity (Wildman–Crippen MR) is 148 cm³/mol. The lowest BCUT2D eigenvalue weighted by molar-refractivity contribution is 0.00534. The van der Waals surface area contributed by atoms with Gasteiger partial charge in [0.25, 0.3) is 0 Å². The summed E-state index contributed by atoms with van der Waals surface area (Å²) < 4.78 is 9.20. The van der Waals surface area contributed by atoms with Gasteiger partial charge in [0.2, 0.25) is 3.79 Å². The number of rotatable bonds is 8. The molecule has 0 bridgehead atoms. The highest BCUT2D eigenvalue weighted by atomic mass is 35.6. The third-order valence-corrected chi connectivity index (χ3v) is 8.01. The number of hydrogen-bond acceptors (Lipinski definition) is 6. The Bertz CT molecular complexity index is 1030. The Kier molecular flexibility index (Phi) is 10.2. The summed E-state index contributed by atoms with van der Waals surface area (Å²) in [4.78, 5) is 25.8. The van der Waals surface area contributed by atoms with E-state index < -0.39 is 22.0 Å². The van der Waals surface area contributed by atoms with Gasteiger partial charge in [-0.1, -0.05) is 92.3 Å². The molecule has 198 valence electrons. The number of alkyl halides is 3. The first-order chi connectivity index (χ1) is 17.0. The molecule has 10 heteroatoms. The van der Waals surface area contributed by atoms with E-state index in [-0.39, 0.29) is 18.6 Å². The molecule has 1 aromatic heterocycles. The fraction of sp³-hybridized carbons (Fsp3) is 0.538. The highest BCUT2D eigenvalue weighted by Crippen LogP contribution is 2.39. The summed E-state index contributed by atoms with van der Waals surface area (Å²) in [5.74, 6) is 0.607. The number of esters is 1. The molecule has 36 heavy (non-hydrogen) atoms. The second-order valence-corrected chi connectivity index (χ2v) is 12.7. The molecule has 0 aliphatic heterocycles. The number of carbonyl (C=O) groups excluding carboxylic acids is 2. The van der Waals surface area contributed by atoms with Crippen LogP contribution in [0.15, 0.2) is 35.7 Å². The number of alkyl carbamates (subject to hydrolysis) is 1. The number of hydrogen-bond donors (Lipinski definition) is 2. The van der Waals surface area contributed by atoms with Crippen molar-refractivity contribution in [1.82, 2.24) is 5.32 Å². The maximum atomic E-state index is 12.9. The highest BCUT2D eigenvalue weighted by molar-refractivity contribution is 7.15. The van der Waals surface area contributed by atoms with Crippen LogP contribution < -0.4 is 10.6 Å². The van der Waals surface area contributed by atoms with Crippen LogP contribution >= 0.6 is 46.1 Å². The van der Waals surface area contributed by atoms with Gasteiger partial charge in [0.1, 0.15) is 16.7 Å². The summed E-state index contributed by atoms with van der Waals surface area (Å²) in [5, 5.41) is 7.94. The minimum atomic E-state index is -1.93. The summed E-state index contributed by atoms with van der Waals surface area (Å²) in [7, 11) is 0. The molecule has 0 saturated heterocycles. The topological polar surface area (TPSA) is 76.7 Å². The van der Waals surface area contributed by atoms with Gasteiger partial charge in [-0.15, -0.1) is 11.3 Å². The number of ether oxygens (including phenoxy) is 2. The molecule has 0 spiro atoms. The Labute approximate surface area is 232 Å². The Morgan fingerprint density at radius 2 is 1.86 bits per heavy atom. The van der Waals surface area contributed by atoms with E-state index in [1.54, 1.807) is 6.92 Å². The molecule has 4 atom stereocenters. The van der Waals surface area contributed by atoms with Crippen molar-refractivity contribution in [1.29, 1.82) is 0 Å². The van der Waals surface area contributed by atoms with Crippen molar-refractivity contribution in [2.45, 2.75) is 63.0 Å². The van der Waals surface area contributed by atoms with E-state index in [1.807, 2.05) is 35.7 Å². The molecule has 0 radical (unpaired) electrons. The maximum Gasteiger partial charge on any atom is 0.409 e. The van der Waals surface area contributed by atoms with Crippen molar-refractivity contribution in [2.24, 2.45) is 17.8 Å². The first-order valence-corrected chi connectivity index (χ1v) is 14.2. The third kappa shape index (κ3) is 7.44. The standard InChI is InChI=1S/C26H33Cl3N2O4S/c1-5-34-23(32)21-19(17-9-7-6-8-10-17)14-36-22(21)30-24(26(27,28)29)31-25(33)35-20-13-16(4)11-12-18(20)15(2)3/h6-10,14-16,18,20,24,30H,5,11-13H2,1-4H3,(H,31,33)/t16-,18+,20-,24-/m1/s1. The van der Waals surface area contributed by atoms with Crippen LogP contribution in [0.4, 0.5) is 9.80 Å². The van der Waals surface area contributed by atoms with Crippen LogP contribution in [0.3, 0.4) is 0 Å². The van der Waals surface area contributed by atoms with Gasteiger partial charge < -0.3 is 14.8 Å². The molecule has 1 fully saturated rings. The molecule has 2 aromatic rings. The van der Waals surface area contributed by atoms with E-state index in [0.717, 1.165) is 24.8 Å². The summed E-state index contributed by atoms with van der Waals surface area (Å²) in [5.41, 5.74) is 1.83. The van der Waals surface area contributed by atoms with Crippen molar-refractivity contribution < 1.29 is 19.1 Å². The molecule has 2 N–H and O–H groups in total. The molecule has 1 aliphatic carbocycles. The third-order valence-electron chi connectivity index (χ3n) is 6.44. The van der Waals surface area contributed by atoms with Gasteiger partial charge in [-0.3, -0.25) is 5.32 Å². The van der Waals surface area contributed by atoms with Crippen LogP contribution in [0.1, 0.15) is 57.3 Å². The van der Waals surface area contributed by atoms with Crippen LogP contribution in [-0.4, -0.2) is 34.7 Å². The van der Waals surface area contributed by atoms with Gasteiger partial charge in [0.05, 0.1) is 6.61 Å². The van der Waals surface area contributed by atoms with Gasteiger partial charge in [0.15, 0.2) is 6.17 Å². The number of anilines is 1. The predicted octanol–water partition coefficient (Wildman–Crippen LogP) is 7.89. The molecular formula is C26H33Cl3N2O4S. The summed E-state index contributed by atoms with van der Waals surface area (Å²) in [6.45, 7) is 8.38. The zero-order chi connectivity index (χ0) is 26.5. The van der Waals surface area contributed by atoms with Crippen molar-refractivity contribution in [3.63, 3.8) is 0 Å². The van der Waals surface area contributed by atoms with Crippen LogP contribution in [0.5, 0.6) is 0 Å². The van der Waals surface area contributed by atoms with E-state index in [0.29, 0.717) is 28.0 Å². The molecule has 1 aromatic carbocycles. The molecule has 6 nitrogen and oxygen atoms in total. The van der Waals surface area contributed by atoms with E-state index >= 15 is 0 Å². The van der Waals surface area contributed by atoms with Crippen molar-refractivity contribution in [2.75, 3.05) is 11.9 Å². The second-order valence-electron chi connectivity index (χ2n) is 9.47. The Balaban J connectivity index is 1.83. The van der Waals surface area contributed by atoms with Gasteiger partial charge in [-0.05, 0) is 43.1 Å². The number of thiophene rings is 1. The number of benzene rings is 1. The zero-order valence-corrected chi connectivity index (χ0v) is 23.9. The first-order valence-electron chi connectivity index (χ1n) is 12.2. The minimum absolute atomic E-state index is 0.206. The van der Waals surface area contributed by atoms with Gasteiger partial charge >= 0.3 is 12.1 Å². The molecule has 3 rings (SSSR count). The highest BCUT2D eigenvalue weighted by Gasteiger charge is 2.38. The smallest absolute Gasteiger partial charge is 0.409 e. The second kappa shape index (κ2) is 12.7. The molecular weight excluding hydrogens is 543 g/mol. The van der Waals surface area contributed by atoms with Crippen LogP contribution in [-0.2, 0) is 9.47 Å². The molecule has 1 saturated carbocycles. The lowest BCUT2D eigenvalue weighted by Crippen LogP contribution is -2.50. The molecule has 1 amide bonds. The quantitative estimate of drug-likeness (QED) is 0.190. The van der Waals surface area contributed by atoms with Crippen molar-refractivity contribution in [3.8, 4) is 11.1 Å². The molecule has 1 heterocycles. The first kappa shape index (κ1) is 28.9. The lowest BCUT2D eigenvalue weighted by Gasteiger charge is -2.37. The summed E-state index contributed by atoms with van der Waals surface area (Å²) >= 11 is 20.0. The Morgan fingerprint density at radius 1 is 1.17 bits per heavy atom. The molecule has 1 aliphatic rings. The summed E-state index contributed by atoms with van der Waals surface area (Å²) in [6.07, 6.45) is 0.849. The Morgan fingerprint density at radius 3 is 2.47 bits per heavy atom. The average molecular weight is 576 g/mol. The SMILES string of the molecule is CCOC(=O)c1c(-c2ccccc2)csc1N[C@H](NC(=O)O[C@@H]1C[C@H](C)CC[C@H]1C(C)C)C(Cl)(Cl)Cl. The van der Waals surface area contributed by atoms with E-state index in [9.17, 15) is 9.59 Å². The van der Waals surface area contributed by atoms with E-state index in [2.05, 4.69) is 31.4 Å². The number of amides is 1. The fourth-order valence-electron chi connectivity index (χ4n) is 4.57. The van der Waals surface area contributed by atoms with E-state index in [4.69, 9.17) is 44.3 Å². The normalized spacial score (nSPS) is 21.1. The Hall–Kier alpha value is -1.67. The van der Waals surface area contributed by atoms with Crippen LogP contribution in [0.2, 0.25) is 0 Å². The van der Waals surface area contributed by atoms with Gasteiger partial charge in [0, 0.05) is 10.9 Å². The van der Waals surface area contributed by atoms with Crippen molar-refractivity contribution >= 4 is 63.2 Å². The number of carbonyl (C=O) groups is 2. The minimum Gasteiger partial charge on any atom is -0.462 e. The number of halogens is 3. The molecule has 0 unspecified atom stereocenters. The van der Waals surface area contributed by atoms with Crippen LogP contribution in [0.25, 0.3) is 11.1 Å². The van der Waals surface area contributed by atoms with E-state index in [1.165, 1.54) is 11.3 Å². The lowest BCUT2D eigenvalue weighted by atomic mass is 9.75. The monoisotopic (exact) mass is 574 g/mol. The maximum absolute atomic E-state index is 12.9. The van der Waals surface area contributed by atoms with Gasteiger partial charge in [-0.25, -0.2) is 9.59 Å². The number of nitrogens with one attached hydrogen (secondary N) is 2. The van der Waals surface area contributed by atoms with Crippen LogP contribution in [0, 0.1) is 17.8 Å². The zero-order valence-electron chi connectivity index (χ0n) is 20.9. The largest absolute Gasteiger partial charge is 0.462 e. The summed E-state index contributed by atoms with van der Waals surface area (Å²) in [6, 6.07) is 9.45. The van der Waals surface area contributed by atoms with Gasteiger partial charge in [-0.2, -0.15) is 0 Å².